The highest BCUT2D eigenvalue weighted by Crippen LogP contribution is 2.28. The van der Waals surface area contributed by atoms with Crippen molar-refractivity contribution in [2.45, 2.75) is 6.10 Å². The molecule has 0 fully saturated rings. The van der Waals surface area contributed by atoms with E-state index in [2.05, 4.69) is 0 Å². The smallest absolute Gasteiger partial charge is 0.278 e. The van der Waals surface area contributed by atoms with Gasteiger partial charge in [-0.1, -0.05) is 6.07 Å². The number of benzene rings is 1. The van der Waals surface area contributed by atoms with Crippen LogP contribution in [0.5, 0.6) is 0 Å². The first-order valence-corrected chi connectivity index (χ1v) is 4.28. The molecule has 0 radical (unpaired) electrons. The van der Waals surface area contributed by atoms with Crippen LogP contribution in [0.1, 0.15) is 11.7 Å². The zero-order valence-electron chi connectivity index (χ0n) is 6.98. The van der Waals surface area contributed by atoms with Crippen LogP contribution in [-0.4, -0.2) is 15.9 Å². The topological polar surface area (TPSA) is 63.4 Å². The second kappa shape index (κ2) is 4.34. The van der Waals surface area contributed by atoms with E-state index < -0.39 is 22.5 Å². The van der Waals surface area contributed by atoms with Crippen LogP contribution < -0.4 is 0 Å². The summed E-state index contributed by atoms with van der Waals surface area (Å²) in [7, 11) is 0. The van der Waals surface area contributed by atoms with Gasteiger partial charge in [0.2, 0.25) is 0 Å². The van der Waals surface area contributed by atoms with Crippen molar-refractivity contribution in [3.05, 3.63) is 39.7 Å². The molecular weight excluding hydrogens is 213 g/mol. The Morgan fingerprint density at radius 1 is 1.64 bits per heavy atom. The van der Waals surface area contributed by atoms with Crippen LogP contribution in [0.3, 0.4) is 0 Å². The van der Waals surface area contributed by atoms with E-state index in [1.165, 1.54) is 6.07 Å². The first-order chi connectivity index (χ1) is 6.57. The van der Waals surface area contributed by atoms with Crippen molar-refractivity contribution in [3.63, 3.8) is 0 Å². The molecule has 0 amide bonds. The number of nitro groups is 1. The summed E-state index contributed by atoms with van der Waals surface area (Å²) in [6.45, 7) is 0. The Balaban J connectivity index is 3.29. The van der Waals surface area contributed by atoms with Crippen molar-refractivity contribution in [2.75, 3.05) is 5.88 Å². The third kappa shape index (κ3) is 2.00. The van der Waals surface area contributed by atoms with Gasteiger partial charge in [-0.3, -0.25) is 10.1 Å². The van der Waals surface area contributed by atoms with Crippen molar-refractivity contribution < 1.29 is 14.4 Å². The number of hydrogen-bond donors (Lipinski definition) is 1. The highest BCUT2D eigenvalue weighted by atomic mass is 35.5. The van der Waals surface area contributed by atoms with E-state index in [0.717, 1.165) is 12.1 Å². The zero-order valence-corrected chi connectivity index (χ0v) is 7.74. The highest BCUT2D eigenvalue weighted by molar-refractivity contribution is 6.18. The molecule has 0 spiro atoms. The van der Waals surface area contributed by atoms with Gasteiger partial charge >= 0.3 is 0 Å². The fourth-order valence-corrected chi connectivity index (χ4v) is 1.25. The Kier molecular flexibility index (Phi) is 3.38. The monoisotopic (exact) mass is 219 g/mol. The summed E-state index contributed by atoms with van der Waals surface area (Å²) in [6, 6.07) is 3.37. The van der Waals surface area contributed by atoms with Gasteiger partial charge in [0.25, 0.3) is 5.69 Å². The molecule has 0 aromatic heterocycles. The fraction of sp³-hybridized carbons (Fsp3) is 0.250. The minimum absolute atomic E-state index is 0.290. The number of aliphatic hydroxyl groups is 1. The minimum atomic E-state index is -1.36. The molecule has 0 bridgehead atoms. The van der Waals surface area contributed by atoms with Gasteiger partial charge in [0.15, 0.2) is 0 Å². The van der Waals surface area contributed by atoms with Gasteiger partial charge in [0, 0.05) is 6.07 Å². The van der Waals surface area contributed by atoms with E-state index in [-0.39, 0.29) is 11.4 Å². The van der Waals surface area contributed by atoms with Crippen molar-refractivity contribution in [1.29, 1.82) is 0 Å². The van der Waals surface area contributed by atoms with E-state index in [1.54, 1.807) is 0 Å². The third-order valence-electron chi connectivity index (χ3n) is 1.71. The van der Waals surface area contributed by atoms with E-state index >= 15 is 0 Å². The van der Waals surface area contributed by atoms with E-state index in [1.807, 2.05) is 0 Å². The molecule has 1 unspecified atom stereocenters. The predicted molar refractivity (Wildman–Crippen MR) is 48.7 cm³/mol. The lowest BCUT2D eigenvalue weighted by Gasteiger charge is -2.08. The molecular formula is C8H7ClFNO3. The summed E-state index contributed by atoms with van der Waals surface area (Å²) < 4.78 is 13.1. The molecule has 1 aromatic rings. The average Bonchev–Trinajstić information content (AvgIpc) is 2.16. The highest BCUT2D eigenvalue weighted by Gasteiger charge is 2.23. The molecule has 1 rings (SSSR count). The first-order valence-electron chi connectivity index (χ1n) is 3.74. The largest absolute Gasteiger partial charge is 0.387 e. The van der Waals surface area contributed by atoms with Crippen LogP contribution in [0.4, 0.5) is 10.1 Å². The lowest BCUT2D eigenvalue weighted by Crippen LogP contribution is -2.06. The molecule has 0 saturated heterocycles. The fourth-order valence-electron chi connectivity index (χ4n) is 1.09. The number of alkyl halides is 1. The summed E-state index contributed by atoms with van der Waals surface area (Å²) in [6.07, 6.45) is -1.36. The summed E-state index contributed by atoms with van der Waals surface area (Å²) >= 11 is 5.30. The third-order valence-corrected chi connectivity index (χ3v) is 2.00. The number of rotatable bonds is 3. The van der Waals surface area contributed by atoms with Crippen LogP contribution in [-0.2, 0) is 0 Å². The second-order valence-electron chi connectivity index (χ2n) is 2.60. The Bertz CT molecular complexity index is 358. The maximum atomic E-state index is 13.1. The summed E-state index contributed by atoms with van der Waals surface area (Å²) in [4.78, 5) is 9.72. The SMILES string of the molecule is O=[N+]([O-])c1cccc(F)c1C(O)CCl. The average molecular weight is 220 g/mol. The zero-order chi connectivity index (χ0) is 10.7. The van der Waals surface area contributed by atoms with E-state index in [4.69, 9.17) is 11.6 Å². The van der Waals surface area contributed by atoms with Crippen LogP contribution >= 0.6 is 11.6 Å². The summed E-state index contributed by atoms with van der Waals surface area (Å²) in [5.74, 6) is -1.12. The molecule has 1 N–H and O–H groups in total. The Morgan fingerprint density at radius 2 is 2.29 bits per heavy atom. The molecule has 0 heterocycles. The van der Waals surface area contributed by atoms with Crippen LogP contribution in [0.2, 0.25) is 0 Å². The maximum Gasteiger partial charge on any atom is 0.278 e. The van der Waals surface area contributed by atoms with Crippen LogP contribution in [0.25, 0.3) is 0 Å². The molecule has 1 atom stereocenters. The minimum Gasteiger partial charge on any atom is -0.387 e. The molecule has 4 nitrogen and oxygen atoms in total. The van der Waals surface area contributed by atoms with Gasteiger partial charge in [-0.25, -0.2) is 4.39 Å². The molecule has 0 saturated carbocycles. The summed E-state index contributed by atoms with van der Waals surface area (Å²) in [5, 5.41) is 19.7. The number of hydrogen-bond acceptors (Lipinski definition) is 3. The first kappa shape index (κ1) is 10.9. The van der Waals surface area contributed by atoms with Gasteiger partial charge in [0.05, 0.1) is 16.4 Å². The molecule has 6 heteroatoms. The lowest BCUT2D eigenvalue weighted by molar-refractivity contribution is -0.386. The van der Waals surface area contributed by atoms with Gasteiger partial charge in [-0.2, -0.15) is 0 Å². The number of nitro benzene ring substituents is 1. The Morgan fingerprint density at radius 3 is 2.79 bits per heavy atom. The molecule has 0 aliphatic rings. The van der Waals surface area contributed by atoms with Gasteiger partial charge in [-0.15, -0.1) is 11.6 Å². The van der Waals surface area contributed by atoms with E-state index in [0.29, 0.717) is 0 Å². The molecule has 0 aliphatic carbocycles. The van der Waals surface area contributed by atoms with Crippen molar-refractivity contribution in [3.8, 4) is 0 Å². The number of halogens is 2. The van der Waals surface area contributed by atoms with Crippen molar-refractivity contribution >= 4 is 17.3 Å². The normalized spacial score (nSPS) is 12.5. The maximum absolute atomic E-state index is 13.1. The quantitative estimate of drug-likeness (QED) is 0.481. The Labute approximate surface area is 84.1 Å². The standard InChI is InChI=1S/C8H7ClFNO3/c9-4-7(12)8-5(10)2-1-3-6(8)11(13)14/h1-3,7,12H,4H2. The molecule has 1 aromatic carbocycles. The number of nitrogens with zero attached hydrogens (tertiary/aromatic N) is 1. The van der Waals surface area contributed by atoms with Crippen LogP contribution in [0.15, 0.2) is 18.2 Å². The van der Waals surface area contributed by atoms with Crippen LogP contribution in [0, 0.1) is 15.9 Å². The van der Waals surface area contributed by atoms with Gasteiger partial charge in [0.1, 0.15) is 11.9 Å². The van der Waals surface area contributed by atoms with Crippen molar-refractivity contribution in [2.24, 2.45) is 0 Å². The van der Waals surface area contributed by atoms with Crippen molar-refractivity contribution in [1.82, 2.24) is 0 Å². The predicted octanol–water partition coefficient (Wildman–Crippen LogP) is 2.01. The van der Waals surface area contributed by atoms with Gasteiger partial charge in [-0.05, 0) is 6.07 Å². The van der Waals surface area contributed by atoms with E-state index in [9.17, 15) is 19.6 Å². The lowest BCUT2D eigenvalue weighted by atomic mass is 10.1. The molecule has 76 valence electrons. The molecule has 0 aliphatic heterocycles. The summed E-state index contributed by atoms with van der Waals surface area (Å²) in [5.41, 5.74) is -0.828. The second-order valence-corrected chi connectivity index (χ2v) is 2.91. The van der Waals surface area contributed by atoms with Gasteiger partial charge < -0.3 is 5.11 Å². The number of aliphatic hydroxyl groups excluding tert-OH is 1. The Hall–Kier alpha value is -1.20. The molecule has 14 heavy (non-hydrogen) atoms.